The summed E-state index contributed by atoms with van der Waals surface area (Å²) < 4.78 is 85.7. The van der Waals surface area contributed by atoms with Crippen LogP contribution in [0.15, 0.2) is 0 Å². The molecule has 0 bridgehead atoms. The molecule has 8 rings (SSSR count). The number of hydrogen-bond donors (Lipinski definition) is 8. The molecule has 0 aromatic rings. The Morgan fingerprint density at radius 3 is 1.66 bits per heavy atom. The second-order valence-electron chi connectivity index (χ2n) is 26.8. The number of esters is 2. The molecule has 3 aliphatic carbocycles. The highest BCUT2D eigenvalue weighted by atomic mass is 16.7. The first-order chi connectivity index (χ1) is 40.2. The molecule has 5 saturated heterocycles. The molecule has 0 aromatic carbocycles. The van der Waals surface area contributed by atoms with E-state index in [0.29, 0.717) is 6.42 Å². The van der Waals surface area contributed by atoms with Crippen LogP contribution in [-0.2, 0) is 85.5 Å². The molecule has 8 aliphatic rings. The minimum atomic E-state index is -1.96. The van der Waals surface area contributed by atoms with E-state index in [2.05, 4.69) is 0 Å². The third-order valence-corrected chi connectivity index (χ3v) is 19.4. The number of aliphatic hydroxyl groups is 8. The van der Waals surface area contributed by atoms with Crippen molar-refractivity contribution in [1.29, 1.82) is 0 Å². The second-order valence-corrected chi connectivity index (χ2v) is 26.8. The number of aliphatic hydroxyl groups excluding tert-OH is 6. The van der Waals surface area contributed by atoms with Crippen molar-refractivity contribution in [2.45, 2.75) is 299 Å². The molecule has 8 N–H and O–H groups in total. The van der Waals surface area contributed by atoms with Gasteiger partial charge >= 0.3 is 11.9 Å². The molecular weight excluding hydrogens is 1140 g/mol. The Kier molecular flexibility index (Phi) is 22.7. The van der Waals surface area contributed by atoms with Crippen molar-refractivity contribution in [2.75, 3.05) is 14.2 Å². The van der Waals surface area contributed by atoms with Crippen LogP contribution < -0.4 is 0 Å². The lowest BCUT2D eigenvalue weighted by Gasteiger charge is -2.56. The average Bonchev–Trinajstić information content (AvgIpc) is 0.756. The Balaban J connectivity index is 0.973. The summed E-state index contributed by atoms with van der Waals surface area (Å²) in [6, 6.07) is 0. The molecule has 3 saturated carbocycles. The zero-order chi connectivity index (χ0) is 63.3. The highest BCUT2D eigenvalue weighted by Gasteiger charge is 2.61. The molecule has 0 radical (unpaired) electrons. The van der Waals surface area contributed by atoms with E-state index in [1.54, 1.807) is 55.4 Å². The van der Waals surface area contributed by atoms with Crippen LogP contribution in [0.4, 0.5) is 0 Å². The molecule has 0 amide bonds. The number of carbonyl (C=O) groups is 4. The SMILES string of the molecule is CO[C@@H]1[C@H](O)C[C@@H](O[C@@H]2C[C@H](OC3CC4CC5C[C@@H]([C@H](OC)C(=O)[C@@H](O)C(C)(C)O)[C@H](O[C@H]6C[C@@H](O[C@H]7C[C@@H](O[C@H]8C[C@](C)(O)[C@@H](OC(=O)C(C)C)[C@H](C)O8)[C@H](O)[C@@H](C)O7)[C@H](O)[C@@H](C)O6)C(=O)C5C(O)C4C(O)C3C)O[C@H](C)[C@@H]2OC(C)=O)O[C@@H]1C. The maximum Gasteiger partial charge on any atom is 0.308 e. The smallest absolute Gasteiger partial charge is 0.308 e. The van der Waals surface area contributed by atoms with Crippen LogP contribution in [-0.4, -0.2) is 243 Å². The molecule has 5 aliphatic heterocycles. The van der Waals surface area contributed by atoms with Gasteiger partial charge in [0, 0.05) is 76.9 Å². The van der Waals surface area contributed by atoms with Crippen LogP contribution >= 0.6 is 0 Å². The summed E-state index contributed by atoms with van der Waals surface area (Å²) in [5.41, 5.74) is -3.48. The molecule has 8 unspecified atom stereocenters. The van der Waals surface area contributed by atoms with Crippen LogP contribution in [0.3, 0.4) is 0 Å². The highest BCUT2D eigenvalue weighted by Crippen LogP contribution is 2.54. The number of ketones is 2. The molecule has 86 heavy (non-hydrogen) atoms. The highest BCUT2D eigenvalue weighted by molar-refractivity contribution is 5.92. The third kappa shape index (κ3) is 15.2. The topological polar surface area (TPSA) is 359 Å². The van der Waals surface area contributed by atoms with Gasteiger partial charge in [-0.25, -0.2) is 0 Å². The number of fused-ring (bicyclic) bond motifs is 2. The quantitative estimate of drug-likeness (QED) is 0.0657. The zero-order valence-corrected chi connectivity index (χ0v) is 52.1. The number of carbonyl (C=O) groups excluding carboxylic acids is 4. The third-order valence-electron chi connectivity index (χ3n) is 19.4. The Morgan fingerprint density at radius 1 is 0.616 bits per heavy atom. The molecule has 0 aromatic heterocycles. The van der Waals surface area contributed by atoms with Gasteiger partial charge in [-0.1, -0.05) is 20.8 Å². The van der Waals surface area contributed by atoms with Crippen molar-refractivity contribution in [3.8, 4) is 0 Å². The Morgan fingerprint density at radius 2 is 1.13 bits per heavy atom. The van der Waals surface area contributed by atoms with E-state index >= 15 is 4.79 Å². The van der Waals surface area contributed by atoms with Gasteiger partial charge in [0.25, 0.3) is 0 Å². The standard InChI is InChI=1S/C60H98O26/c1-23(2)58(70)86-57-29(8)79-43(22-60(57,12)72)83-37-19-40(75-25(4)48(37)65)82-36-20-42(76-26(5)47(36)64)85-55-33(54(74-14)51(68)56(69)59(10,11)71)16-31-15-32-17-35(24(3)46(63)44(32)49(66)45(31)50(55)67)81-41-21-38(53(28(7)78-41)80-30(9)61)84-39-18-34(62)52(73-13)27(6)77-39/h23-29,31-49,52-57,62-66,69,71-72H,15-22H2,1-14H3/t24?,25-,26-,27-,28-,29+,31?,32?,33+,34-,35?,36-,37-,38-,39-,40+,41+,42+,43+,44?,45?,46?,47-,48-,49?,52+,53+,54+,55+,56-,57+,60+/m1/s1. The van der Waals surface area contributed by atoms with Crippen molar-refractivity contribution in [2.24, 2.45) is 41.4 Å². The van der Waals surface area contributed by atoms with Crippen LogP contribution in [0.5, 0.6) is 0 Å². The summed E-state index contributed by atoms with van der Waals surface area (Å²) >= 11 is 0. The number of Topliss-reactive ketones (excluding diaryl/α,β-unsaturated/α-hetero) is 2. The Bertz CT molecular complexity index is 2270. The van der Waals surface area contributed by atoms with Crippen LogP contribution in [0.1, 0.15) is 134 Å². The largest absolute Gasteiger partial charge is 0.457 e. The second kappa shape index (κ2) is 28.1. The normalized spacial score (nSPS) is 47.5. The first-order valence-corrected chi connectivity index (χ1v) is 30.8. The first-order valence-electron chi connectivity index (χ1n) is 30.8. The van der Waals surface area contributed by atoms with E-state index in [9.17, 15) is 55.2 Å². The number of hydrogen-bond acceptors (Lipinski definition) is 26. The number of methoxy groups -OCH3 is 2. The molecule has 0 spiro atoms. The monoisotopic (exact) mass is 1230 g/mol. The molecule has 494 valence electrons. The fourth-order valence-electron chi connectivity index (χ4n) is 14.8. The van der Waals surface area contributed by atoms with Gasteiger partial charge in [-0.15, -0.1) is 0 Å². The molecule has 26 heteroatoms. The van der Waals surface area contributed by atoms with Crippen LogP contribution in [0.2, 0.25) is 0 Å². The van der Waals surface area contributed by atoms with E-state index in [-0.39, 0.29) is 44.9 Å². The van der Waals surface area contributed by atoms with Crippen LogP contribution in [0.25, 0.3) is 0 Å². The fourth-order valence-corrected chi connectivity index (χ4v) is 14.8. The van der Waals surface area contributed by atoms with Crippen molar-refractivity contribution < 1.29 is 126 Å². The maximum absolute atomic E-state index is 15.4. The van der Waals surface area contributed by atoms with Gasteiger partial charge in [0.15, 0.2) is 55.2 Å². The van der Waals surface area contributed by atoms with Gasteiger partial charge in [0.2, 0.25) is 0 Å². The van der Waals surface area contributed by atoms with E-state index in [4.69, 9.17) is 66.3 Å². The minimum Gasteiger partial charge on any atom is -0.457 e. The predicted molar refractivity (Wildman–Crippen MR) is 294 cm³/mol. The van der Waals surface area contributed by atoms with Gasteiger partial charge in [0.05, 0.1) is 78.7 Å². The van der Waals surface area contributed by atoms with Gasteiger partial charge in [-0.3, -0.25) is 19.2 Å². The predicted octanol–water partition coefficient (Wildman–Crippen LogP) is 0.870. The average molecular weight is 1240 g/mol. The minimum absolute atomic E-state index is 0.0356. The van der Waals surface area contributed by atoms with Crippen molar-refractivity contribution in [3.63, 3.8) is 0 Å². The summed E-state index contributed by atoms with van der Waals surface area (Å²) in [5.74, 6) is -7.75. The van der Waals surface area contributed by atoms with E-state index in [1.165, 1.54) is 41.9 Å². The lowest BCUT2D eigenvalue weighted by molar-refractivity contribution is -0.335. The molecule has 8 fully saturated rings. The molecular formula is C60H98O26. The molecule has 32 atom stereocenters. The molecule has 26 nitrogen and oxygen atoms in total. The molecule has 5 heterocycles. The maximum atomic E-state index is 15.4. The first kappa shape index (κ1) is 69.4. The van der Waals surface area contributed by atoms with Gasteiger partial charge < -0.3 is 107 Å². The number of rotatable bonds is 19. The van der Waals surface area contributed by atoms with Crippen molar-refractivity contribution in [3.05, 3.63) is 0 Å². The van der Waals surface area contributed by atoms with Gasteiger partial charge in [0.1, 0.15) is 48.3 Å². The fraction of sp³-hybridized carbons (Fsp3) is 0.933. The van der Waals surface area contributed by atoms with E-state index in [1.807, 2.05) is 0 Å². The Hall–Kier alpha value is -2.52. The van der Waals surface area contributed by atoms with E-state index in [0.717, 1.165) is 0 Å². The summed E-state index contributed by atoms with van der Waals surface area (Å²) in [5, 5.41) is 92.0. The lowest BCUT2D eigenvalue weighted by Crippen LogP contribution is -2.64. The van der Waals surface area contributed by atoms with Crippen LogP contribution in [0, 0.1) is 41.4 Å². The number of ether oxygens (including phenoxy) is 14. The lowest BCUT2D eigenvalue weighted by atomic mass is 9.53. The van der Waals surface area contributed by atoms with Gasteiger partial charge in [-0.05, 0) is 86.5 Å². The summed E-state index contributed by atoms with van der Waals surface area (Å²) in [6.07, 6.45) is -25.6. The van der Waals surface area contributed by atoms with E-state index < -0.39 is 230 Å². The summed E-state index contributed by atoms with van der Waals surface area (Å²) in [7, 11) is 2.72. The summed E-state index contributed by atoms with van der Waals surface area (Å²) in [4.78, 5) is 54.5. The van der Waals surface area contributed by atoms with Crippen molar-refractivity contribution >= 4 is 23.5 Å². The summed E-state index contributed by atoms with van der Waals surface area (Å²) in [6.45, 7) is 18.8. The van der Waals surface area contributed by atoms with Gasteiger partial charge in [-0.2, -0.15) is 0 Å². The zero-order valence-electron chi connectivity index (χ0n) is 52.1. The Labute approximate surface area is 503 Å². The van der Waals surface area contributed by atoms with Crippen molar-refractivity contribution in [1.82, 2.24) is 0 Å².